The number of halogens is 2. The molecule has 7 heteroatoms. The van der Waals surface area contributed by atoms with Crippen molar-refractivity contribution in [1.29, 1.82) is 5.26 Å². The maximum absolute atomic E-state index is 13.0. The second kappa shape index (κ2) is 5.45. The molecule has 0 bridgehead atoms. The largest absolute Gasteiger partial charge is 0.243 e. The third-order valence-corrected chi connectivity index (χ3v) is 4.00. The number of nitrogens with zero attached hydrogens (tertiary/aromatic N) is 1. The zero-order valence-corrected chi connectivity index (χ0v) is 10.5. The van der Waals surface area contributed by atoms with E-state index in [1.807, 2.05) is 0 Å². The van der Waals surface area contributed by atoms with Gasteiger partial charge in [-0.2, -0.15) is 9.98 Å². The number of hydrogen-bond donors (Lipinski definition) is 1. The fourth-order valence-electron chi connectivity index (χ4n) is 1.13. The summed E-state index contributed by atoms with van der Waals surface area (Å²) in [7, 11) is -3.98. The lowest BCUT2D eigenvalue weighted by Gasteiger charge is -2.11. The molecule has 1 aromatic carbocycles. The van der Waals surface area contributed by atoms with Crippen LogP contribution >= 0.6 is 11.6 Å². The SMILES string of the molecule is CCC(C#N)NS(=O)(=O)c1cc(F)ccc1Cl. The summed E-state index contributed by atoms with van der Waals surface area (Å²) in [6, 6.07) is 3.95. The Morgan fingerprint density at radius 3 is 2.76 bits per heavy atom. The van der Waals surface area contributed by atoms with E-state index in [-0.39, 0.29) is 9.92 Å². The summed E-state index contributed by atoms with van der Waals surface area (Å²) < 4.78 is 38.7. The van der Waals surface area contributed by atoms with Crippen LogP contribution in [0.4, 0.5) is 4.39 Å². The van der Waals surface area contributed by atoms with E-state index in [1.54, 1.807) is 13.0 Å². The van der Waals surface area contributed by atoms with Crippen molar-refractivity contribution >= 4 is 21.6 Å². The van der Waals surface area contributed by atoms with Gasteiger partial charge in [0.1, 0.15) is 16.8 Å². The van der Waals surface area contributed by atoms with Crippen LogP contribution in [-0.4, -0.2) is 14.5 Å². The number of nitrogens with one attached hydrogen (secondary N) is 1. The average Bonchev–Trinajstić information content (AvgIpc) is 2.29. The molecule has 1 rings (SSSR count). The van der Waals surface area contributed by atoms with Gasteiger partial charge in [-0.25, -0.2) is 12.8 Å². The van der Waals surface area contributed by atoms with Gasteiger partial charge < -0.3 is 0 Å². The smallest absolute Gasteiger partial charge is 0.207 e. The molecule has 1 atom stereocenters. The Hall–Kier alpha value is -1.16. The highest BCUT2D eigenvalue weighted by Crippen LogP contribution is 2.22. The van der Waals surface area contributed by atoms with Crippen LogP contribution in [-0.2, 0) is 10.0 Å². The van der Waals surface area contributed by atoms with Crippen molar-refractivity contribution < 1.29 is 12.8 Å². The van der Waals surface area contributed by atoms with E-state index in [9.17, 15) is 12.8 Å². The molecule has 0 aliphatic rings. The third kappa shape index (κ3) is 3.40. The minimum atomic E-state index is -3.98. The zero-order valence-electron chi connectivity index (χ0n) is 8.94. The first kappa shape index (κ1) is 13.9. The Labute approximate surface area is 104 Å². The van der Waals surface area contributed by atoms with Gasteiger partial charge in [-0.1, -0.05) is 18.5 Å². The van der Waals surface area contributed by atoms with Crippen molar-refractivity contribution in [2.45, 2.75) is 24.3 Å². The summed E-state index contributed by atoms with van der Waals surface area (Å²) in [5.74, 6) is -0.709. The van der Waals surface area contributed by atoms with Gasteiger partial charge in [0.15, 0.2) is 0 Å². The number of sulfonamides is 1. The van der Waals surface area contributed by atoms with E-state index < -0.39 is 21.9 Å². The molecule has 0 aliphatic heterocycles. The molecule has 92 valence electrons. The Bertz CT molecular complexity index is 554. The first-order valence-corrected chi connectivity index (χ1v) is 6.64. The van der Waals surface area contributed by atoms with Crippen LogP contribution in [0.25, 0.3) is 0 Å². The predicted octanol–water partition coefficient (Wildman–Crippen LogP) is 2.06. The van der Waals surface area contributed by atoms with Crippen molar-refractivity contribution in [1.82, 2.24) is 4.72 Å². The predicted molar refractivity (Wildman–Crippen MR) is 61.4 cm³/mol. The molecule has 1 N–H and O–H groups in total. The number of rotatable bonds is 4. The maximum atomic E-state index is 13.0. The summed E-state index contributed by atoms with van der Waals surface area (Å²) in [6.45, 7) is 1.66. The van der Waals surface area contributed by atoms with Gasteiger partial charge in [-0.05, 0) is 24.6 Å². The molecule has 0 saturated carbocycles. The van der Waals surface area contributed by atoms with E-state index >= 15 is 0 Å². The lowest BCUT2D eigenvalue weighted by molar-refractivity contribution is 0.566. The molecule has 4 nitrogen and oxygen atoms in total. The molecule has 0 amide bonds. The molecular weight excluding hydrogens is 267 g/mol. The highest BCUT2D eigenvalue weighted by atomic mass is 35.5. The van der Waals surface area contributed by atoms with Gasteiger partial charge in [0.2, 0.25) is 10.0 Å². The molecule has 0 fully saturated rings. The number of benzene rings is 1. The fourth-order valence-corrected chi connectivity index (χ4v) is 2.87. The van der Waals surface area contributed by atoms with Crippen LogP contribution in [0.3, 0.4) is 0 Å². The molecule has 0 saturated heterocycles. The maximum Gasteiger partial charge on any atom is 0.243 e. The van der Waals surface area contributed by atoms with E-state index in [1.165, 1.54) is 0 Å². The van der Waals surface area contributed by atoms with Crippen LogP contribution in [0.1, 0.15) is 13.3 Å². The first-order chi connectivity index (χ1) is 7.90. The minimum Gasteiger partial charge on any atom is -0.207 e. The fraction of sp³-hybridized carbons (Fsp3) is 0.300. The van der Waals surface area contributed by atoms with Gasteiger partial charge in [-0.3, -0.25) is 0 Å². The Morgan fingerprint density at radius 1 is 1.59 bits per heavy atom. The Morgan fingerprint density at radius 2 is 2.24 bits per heavy atom. The van der Waals surface area contributed by atoms with Crippen LogP contribution in [0.15, 0.2) is 23.1 Å². The Balaban J connectivity index is 3.14. The molecule has 17 heavy (non-hydrogen) atoms. The second-order valence-corrected chi connectivity index (χ2v) is 5.38. The highest BCUT2D eigenvalue weighted by Gasteiger charge is 2.22. The topological polar surface area (TPSA) is 70.0 Å². The molecular formula is C10H10ClFN2O2S. The highest BCUT2D eigenvalue weighted by molar-refractivity contribution is 7.89. The summed E-state index contributed by atoms with van der Waals surface area (Å²) in [6.07, 6.45) is 0.308. The third-order valence-electron chi connectivity index (χ3n) is 2.04. The first-order valence-electron chi connectivity index (χ1n) is 4.77. The van der Waals surface area contributed by atoms with Gasteiger partial charge in [0.25, 0.3) is 0 Å². The molecule has 0 aromatic heterocycles. The molecule has 0 aliphatic carbocycles. The molecule has 0 spiro atoms. The van der Waals surface area contributed by atoms with Crippen molar-refractivity contribution in [2.75, 3.05) is 0 Å². The van der Waals surface area contributed by atoms with Crippen molar-refractivity contribution in [2.24, 2.45) is 0 Å². The minimum absolute atomic E-state index is 0.0910. The molecule has 0 radical (unpaired) electrons. The van der Waals surface area contributed by atoms with Crippen molar-refractivity contribution in [3.05, 3.63) is 29.0 Å². The van der Waals surface area contributed by atoms with Gasteiger partial charge in [-0.15, -0.1) is 0 Å². The van der Waals surface area contributed by atoms with Crippen molar-refractivity contribution in [3.63, 3.8) is 0 Å². The Kier molecular flexibility index (Phi) is 4.46. The van der Waals surface area contributed by atoms with Crippen LogP contribution in [0.5, 0.6) is 0 Å². The normalized spacial score (nSPS) is 13.1. The lowest BCUT2D eigenvalue weighted by Crippen LogP contribution is -2.33. The van der Waals surface area contributed by atoms with E-state index in [0.29, 0.717) is 6.42 Å². The summed E-state index contributed by atoms with van der Waals surface area (Å²) in [5.41, 5.74) is 0. The summed E-state index contributed by atoms with van der Waals surface area (Å²) in [4.78, 5) is -0.368. The number of nitriles is 1. The van der Waals surface area contributed by atoms with E-state index in [0.717, 1.165) is 18.2 Å². The average molecular weight is 277 g/mol. The van der Waals surface area contributed by atoms with Crippen LogP contribution in [0.2, 0.25) is 5.02 Å². The zero-order chi connectivity index (χ0) is 13.1. The van der Waals surface area contributed by atoms with Gasteiger partial charge >= 0.3 is 0 Å². The van der Waals surface area contributed by atoms with Crippen LogP contribution in [0, 0.1) is 17.1 Å². The molecule has 0 heterocycles. The van der Waals surface area contributed by atoms with E-state index in [2.05, 4.69) is 4.72 Å². The monoisotopic (exact) mass is 276 g/mol. The molecule has 1 aromatic rings. The van der Waals surface area contributed by atoms with Gasteiger partial charge in [0.05, 0.1) is 11.1 Å². The second-order valence-electron chi connectivity index (χ2n) is 3.29. The van der Waals surface area contributed by atoms with Crippen molar-refractivity contribution in [3.8, 4) is 6.07 Å². The molecule has 1 unspecified atom stereocenters. The standard InChI is InChI=1S/C10H10ClFN2O2S/c1-2-8(6-13)14-17(15,16)10-5-7(12)3-4-9(10)11/h3-5,8,14H,2H2,1H3. The van der Waals surface area contributed by atoms with E-state index in [4.69, 9.17) is 16.9 Å². The quantitative estimate of drug-likeness (QED) is 0.915. The van der Waals surface area contributed by atoms with Gasteiger partial charge in [0, 0.05) is 0 Å². The number of hydrogen-bond acceptors (Lipinski definition) is 3. The lowest BCUT2D eigenvalue weighted by atomic mass is 10.3. The summed E-state index contributed by atoms with van der Waals surface area (Å²) in [5, 5.41) is 8.59. The summed E-state index contributed by atoms with van der Waals surface area (Å²) >= 11 is 5.68. The van der Waals surface area contributed by atoms with Crippen LogP contribution < -0.4 is 4.72 Å².